The van der Waals surface area contributed by atoms with Crippen LogP contribution in [0.25, 0.3) is 0 Å². The molecule has 0 bridgehead atoms. The molecule has 0 fully saturated rings. The van der Waals surface area contributed by atoms with Crippen molar-refractivity contribution in [2.75, 3.05) is 5.75 Å². The van der Waals surface area contributed by atoms with E-state index in [2.05, 4.69) is 29.4 Å². The third-order valence-corrected chi connectivity index (χ3v) is 4.26. The van der Waals surface area contributed by atoms with E-state index in [9.17, 15) is 0 Å². The zero-order valence-electron chi connectivity index (χ0n) is 8.64. The lowest BCUT2D eigenvalue weighted by molar-refractivity contribution is 0.549. The molecule has 0 spiro atoms. The maximum absolute atomic E-state index is 5.86. The highest BCUT2D eigenvalue weighted by molar-refractivity contribution is 7.99. The summed E-state index contributed by atoms with van der Waals surface area (Å²) in [6.45, 7) is 0.913. The molecule has 82 valence electrons. The molecule has 0 saturated heterocycles. The summed E-state index contributed by atoms with van der Waals surface area (Å²) >= 11 is 7.79. The predicted molar refractivity (Wildman–Crippen MR) is 67.1 cm³/mol. The highest BCUT2D eigenvalue weighted by atomic mass is 35.5. The van der Waals surface area contributed by atoms with Crippen LogP contribution in [-0.4, -0.2) is 15.5 Å². The minimum absolute atomic E-state index is 0.553. The number of benzene rings is 1. The smallest absolute Gasteiger partial charge is 0.0785 e. The Bertz CT molecular complexity index is 509. The first-order chi connectivity index (χ1) is 7.83. The van der Waals surface area contributed by atoms with Crippen molar-refractivity contribution in [3.05, 3.63) is 47.2 Å². The van der Waals surface area contributed by atoms with E-state index in [4.69, 9.17) is 11.6 Å². The molecule has 0 radical (unpaired) electrons. The molecular formula is C12H11ClN2S. The maximum atomic E-state index is 5.86. The monoisotopic (exact) mass is 250 g/mol. The van der Waals surface area contributed by atoms with Gasteiger partial charge in [0.2, 0.25) is 0 Å². The molecule has 1 aromatic heterocycles. The Hall–Kier alpha value is -0.930. The van der Waals surface area contributed by atoms with Gasteiger partial charge in [0, 0.05) is 29.3 Å². The van der Waals surface area contributed by atoms with Crippen LogP contribution in [0, 0.1) is 0 Å². The third kappa shape index (κ3) is 1.85. The summed E-state index contributed by atoms with van der Waals surface area (Å²) in [6, 6.07) is 8.61. The van der Waals surface area contributed by atoms with E-state index >= 15 is 0 Å². The van der Waals surface area contributed by atoms with Crippen LogP contribution in [0.5, 0.6) is 0 Å². The van der Waals surface area contributed by atoms with E-state index in [0.717, 1.165) is 12.3 Å². The zero-order valence-corrected chi connectivity index (χ0v) is 10.2. The number of hydrogen-bond acceptors (Lipinski definition) is 2. The van der Waals surface area contributed by atoms with Gasteiger partial charge in [-0.1, -0.05) is 29.8 Å². The van der Waals surface area contributed by atoms with Gasteiger partial charge in [-0.05, 0) is 11.6 Å². The number of rotatable bonds is 2. The van der Waals surface area contributed by atoms with Crippen molar-refractivity contribution in [3.8, 4) is 0 Å². The lowest BCUT2D eigenvalue weighted by Crippen LogP contribution is -2.08. The van der Waals surface area contributed by atoms with Gasteiger partial charge >= 0.3 is 0 Å². The lowest BCUT2D eigenvalue weighted by Gasteiger charge is -2.10. The Labute approximate surface area is 104 Å². The number of hydrogen-bond donors (Lipinski definition) is 0. The van der Waals surface area contributed by atoms with Gasteiger partial charge in [-0.15, -0.1) is 11.8 Å². The van der Waals surface area contributed by atoms with Crippen LogP contribution in [0.15, 0.2) is 41.6 Å². The number of aromatic nitrogens is 2. The first kappa shape index (κ1) is 10.2. The summed E-state index contributed by atoms with van der Waals surface area (Å²) in [7, 11) is 0. The minimum atomic E-state index is 0.553. The standard InChI is InChI=1S/C12H11ClN2S/c13-10-5-14-15(7-10)6-9-8-16-12-4-2-1-3-11(9)12/h1-5,7,9H,6,8H2. The van der Waals surface area contributed by atoms with Crippen LogP contribution in [-0.2, 0) is 6.54 Å². The maximum Gasteiger partial charge on any atom is 0.0785 e. The van der Waals surface area contributed by atoms with Crippen LogP contribution < -0.4 is 0 Å². The van der Waals surface area contributed by atoms with Crippen LogP contribution in [0.2, 0.25) is 5.02 Å². The molecular weight excluding hydrogens is 240 g/mol. The van der Waals surface area contributed by atoms with Gasteiger partial charge in [0.25, 0.3) is 0 Å². The fourth-order valence-electron chi connectivity index (χ4n) is 2.04. The SMILES string of the molecule is Clc1cnn(CC2CSc3ccccc32)c1. The first-order valence-electron chi connectivity index (χ1n) is 5.22. The average molecular weight is 251 g/mol. The minimum Gasteiger partial charge on any atom is -0.271 e. The van der Waals surface area contributed by atoms with Crippen LogP contribution in [0.4, 0.5) is 0 Å². The summed E-state index contributed by atoms with van der Waals surface area (Å²) in [5, 5.41) is 4.93. The van der Waals surface area contributed by atoms with E-state index in [1.54, 1.807) is 6.20 Å². The molecule has 1 aliphatic heterocycles. The van der Waals surface area contributed by atoms with Gasteiger partial charge in [0.1, 0.15) is 0 Å². The molecule has 1 unspecified atom stereocenters. The molecule has 1 atom stereocenters. The molecule has 16 heavy (non-hydrogen) atoms. The largest absolute Gasteiger partial charge is 0.271 e. The topological polar surface area (TPSA) is 17.8 Å². The normalized spacial score (nSPS) is 18.7. The molecule has 0 aliphatic carbocycles. The van der Waals surface area contributed by atoms with Crippen molar-refractivity contribution in [3.63, 3.8) is 0 Å². The van der Waals surface area contributed by atoms with Gasteiger partial charge < -0.3 is 0 Å². The fourth-order valence-corrected chi connectivity index (χ4v) is 3.44. The number of thioether (sulfide) groups is 1. The van der Waals surface area contributed by atoms with Crippen molar-refractivity contribution in [2.24, 2.45) is 0 Å². The van der Waals surface area contributed by atoms with Gasteiger partial charge in [-0.3, -0.25) is 4.68 Å². The number of nitrogens with zero attached hydrogens (tertiary/aromatic N) is 2. The fraction of sp³-hybridized carbons (Fsp3) is 0.250. The third-order valence-electron chi connectivity index (χ3n) is 2.81. The van der Waals surface area contributed by atoms with Crippen LogP contribution >= 0.6 is 23.4 Å². The lowest BCUT2D eigenvalue weighted by atomic mass is 10.0. The Balaban J connectivity index is 1.83. The van der Waals surface area contributed by atoms with E-state index < -0.39 is 0 Å². The zero-order chi connectivity index (χ0) is 11.0. The Morgan fingerprint density at radius 1 is 1.44 bits per heavy atom. The van der Waals surface area contributed by atoms with Crippen molar-refractivity contribution in [1.82, 2.24) is 9.78 Å². The molecule has 2 nitrogen and oxygen atoms in total. The van der Waals surface area contributed by atoms with Crippen molar-refractivity contribution in [2.45, 2.75) is 17.4 Å². The average Bonchev–Trinajstić information content (AvgIpc) is 2.87. The van der Waals surface area contributed by atoms with Crippen molar-refractivity contribution < 1.29 is 0 Å². The number of fused-ring (bicyclic) bond motifs is 1. The van der Waals surface area contributed by atoms with Crippen LogP contribution in [0.1, 0.15) is 11.5 Å². The molecule has 0 saturated carbocycles. The van der Waals surface area contributed by atoms with Crippen molar-refractivity contribution in [1.29, 1.82) is 0 Å². The quantitative estimate of drug-likeness (QED) is 0.813. The predicted octanol–water partition coefficient (Wildman–Crippen LogP) is 3.43. The number of halogens is 1. The Kier molecular flexibility index (Phi) is 2.65. The molecule has 0 amide bonds. The highest BCUT2D eigenvalue weighted by Crippen LogP contribution is 2.39. The molecule has 0 N–H and O–H groups in total. The van der Waals surface area contributed by atoms with Crippen LogP contribution in [0.3, 0.4) is 0 Å². The Morgan fingerprint density at radius 2 is 2.31 bits per heavy atom. The Morgan fingerprint density at radius 3 is 3.12 bits per heavy atom. The van der Waals surface area contributed by atoms with Gasteiger partial charge in [0.05, 0.1) is 11.2 Å². The summed E-state index contributed by atoms with van der Waals surface area (Å²) in [5.74, 6) is 1.69. The van der Waals surface area contributed by atoms with Gasteiger partial charge in [-0.2, -0.15) is 5.10 Å². The summed E-state index contributed by atoms with van der Waals surface area (Å²) in [6.07, 6.45) is 3.57. The molecule has 1 aromatic carbocycles. The van der Waals surface area contributed by atoms with Crippen molar-refractivity contribution >= 4 is 23.4 Å². The van der Waals surface area contributed by atoms with E-state index in [0.29, 0.717) is 10.9 Å². The second-order valence-electron chi connectivity index (χ2n) is 3.93. The van der Waals surface area contributed by atoms with Gasteiger partial charge in [-0.25, -0.2) is 0 Å². The second kappa shape index (κ2) is 4.15. The molecule has 3 rings (SSSR count). The molecule has 2 aromatic rings. The summed E-state index contributed by atoms with van der Waals surface area (Å²) in [4.78, 5) is 1.41. The second-order valence-corrected chi connectivity index (χ2v) is 5.42. The first-order valence-corrected chi connectivity index (χ1v) is 6.59. The molecule has 4 heteroatoms. The summed E-state index contributed by atoms with van der Waals surface area (Å²) < 4.78 is 1.93. The van der Waals surface area contributed by atoms with Gasteiger partial charge in [0.15, 0.2) is 0 Å². The van der Waals surface area contributed by atoms with E-state index in [-0.39, 0.29) is 0 Å². The van der Waals surface area contributed by atoms with E-state index in [1.165, 1.54) is 10.5 Å². The molecule has 1 aliphatic rings. The molecule has 2 heterocycles. The summed E-state index contributed by atoms with van der Waals surface area (Å²) in [5.41, 5.74) is 1.44. The highest BCUT2D eigenvalue weighted by Gasteiger charge is 2.22. The van der Waals surface area contributed by atoms with E-state index in [1.807, 2.05) is 22.6 Å².